The second kappa shape index (κ2) is 10.7. The molecule has 2 aromatic carbocycles. The van der Waals surface area contributed by atoms with Gasteiger partial charge in [-0.25, -0.2) is 0 Å². The van der Waals surface area contributed by atoms with Crippen molar-refractivity contribution in [3.63, 3.8) is 0 Å². The predicted molar refractivity (Wildman–Crippen MR) is 131 cm³/mol. The molecule has 0 saturated carbocycles. The zero-order valence-corrected chi connectivity index (χ0v) is 19.9. The maximum atomic E-state index is 13.0. The number of hydrogen-bond donors (Lipinski definition) is 1. The quantitative estimate of drug-likeness (QED) is 0.517. The number of anilines is 1. The van der Waals surface area contributed by atoms with E-state index >= 15 is 0 Å². The molecule has 3 aromatic rings. The molecule has 1 fully saturated rings. The third kappa shape index (κ3) is 5.27. The summed E-state index contributed by atoms with van der Waals surface area (Å²) in [7, 11) is 0. The van der Waals surface area contributed by atoms with Crippen molar-refractivity contribution in [2.45, 2.75) is 44.8 Å². The number of hydrogen-bond acceptors (Lipinski definition) is 5. The lowest BCUT2D eigenvalue weighted by Crippen LogP contribution is -2.36. The molecule has 0 radical (unpaired) electrons. The number of piperidine rings is 1. The van der Waals surface area contributed by atoms with Crippen molar-refractivity contribution in [3.05, 3.63) is 59.7 Å². The van der Waals surface area contributed by atoms with Crippen LogP contribution in [-0.2, 0) is 11.3 Å². The van der Waals surface area contributed by atoms with Gasteiger partial charge in [0.2, 0.25) is 5.91 Å². The van der Waals surface area contributed by atoms with Crippen molar-refractivity contribution in [3.8, 4) is 11.4 Å². The van der Waals surface area contributed by atoms with Gasteiger partial charge in [0.05, 0.1) is 17.0 Å². The van der Waals surface area contributed by atoms with Crippen molar-refractivity contribution in [1.82, 2.24) is 19.7 Å². The standard InChI is InChI=1S/C25H29N5O2S/c1-3-30-23(19-12-6-5-11-18(19)2)27-28-25(30)33-17-22(31)26-21-14-8-7-13-20(21)24(32)29-15-9-4-10-16-29/h5-8,11-14H,3-4,9-10,15-17H2,1-2H3,(H,26,31). The highest BCUT2D eigenvalue weighted by Crippen LogP contribution is 2.26. The van der Waals surface area contributed by atoms with E-state index in [-0.39, 0.29) is 17.6 Å². The van der Waals surface area contributed by atoms with E-state index in [4.69, 9.17) is 0 Å². The molecule has 8 heteroatoms. The van der Waals surface area contributed by atoms with Crippen LogP contribution in [0.4, 0.5) is 5.69 Å². The molecule has 1 aliphatic rings. The maximum Gasteiger partial charge on any atom is 0.255 e. The fourth-order valence-corrected chi connectivity index (χ4v) is 4.87. The summed E-state index contributed by atoms with van der Waals surface area (Å²) in [6.07, 6.45) is 3.21. The number of benzene rings is 2. The van der Waals surface area contributed by atoms with Crippen LogP contribution in [0.1, 0.15) is 42.1 Å². The molecule has 1 aliphatic heterocycles. The minimum absolute atomic E-state index is 0.0214. The van der Waals surface area contributed by atoms with E-state index in [0.717, 1.165) is 49.3 Å². The lowest BCUT2D eigenvalue weighted by atomic mass is 10.1. The normalized spacial score (nSPS) is 13.7. The van der Waals surface area contributed by atoms with Crippen molar-refractivity contribution < 1.29 is 9.59 Å². The van der Waals surface area contributed by atoms with Crippen LogP contribution in [0, 0.1) is 6.92 Å². The highest BCUT2D eigenvalue weighted by atomic mass is 32.2. The smallest absolute Gasteiger partial charge is 0.255 e. The summed E-state index contributed by atoms with van der Waals surface area (Å²) in [4.78, 5) is 27.6. The van der Waals surface area contributed by atoms with Crippen LogP contribution in [0.2, 0.25) is 0 Å². The van der Waals surface area contributed by atoms with Gasteiger partial charge in [0, 0.05) is 25.2 Å². The molecule has 4 rings (SSSR count). The Morgan fingerprint density at radius 3 is 2.48 bits per heavy atom. The van der Waals surface area contributed by atoms with Gasteiger partial charge in [-0.3, -0.25) is 9.59 Å². The Balaban J connectivity index is 1.44. The SMILES string of the molecule is CCn1c(SCC(=O)Nc2ccccc2C(=O)N2CCCCC2)nnc1-c1ccccc1C. The minimum Gasteiger partial charge on any atom is -0.339 e. The van der Waals surface area contributed by atoms with Crippen LogP contribution in [-0.4, -0.2) is 50.3 Å². The topological polar surface area (TPSA) is 80.1 Å². The number of aryl methyl sites for hydroxylation is 1. The average molecular weight is 464 g/mol. The number of likely N-dealkylation sites (tertiary alicyclic amines) is 1. The predicted octanol–water partition coefficient (Wildman–Crippen LogP) is 4.63. The number of thioether (sulfide) groups is 1. The summed E-state index contributed by atoms with van der Waals surface area (Å²) >= 11 is 1.34. The van der Waals surface area contributed by atoms with Gasteiger partial charge in [-0.1, -0.05) is 48.2 Å². The zero-order chi connectivity index (χ0) is 23.2. The van der Waals surface area contributed by atoms with E-state index in [1.54, 1.807) is 12.1 Å². The van der Waals surface area contributed by atoms with Gasteiger partial charge >= 0.3 is 0 Å². The van der Waals surface area contributed by atoms with E-state index in [2.05, 4.69) is 15.5 Å². The van der Waals surface area contributed by atoms with E-state index < -0.39 is 0 Å². The molecule has 1 saturated heterocycles. The second-order valence-corrected chi connectivity index (χ2v) is 9.04. The van der Waals surface area contributed by atoms with Crippen LogP contribution in [0.15, 0.2) is 53.7 Å². The van der Waals surface area contributed by atoms with Crippen molar-refractivity contribution >= 4 is 29.3 Å². The molecule has 0 atom stereocenters. The number of amides is 2. The van der Waals surface area contributed by atoms with Gasteiger partial charge in [0.15, 0.2) is 11.0 Å². The van der Waals surface area contributed by atoms with Gasteiger partial charge in [-0.05, 0) is 50.8 Å². The summed E-state index contributed by atoms with van der Waals surface area (Å²) in [6, 6.07) is 15.3. The first kappa shape index (κ1) is 23.0. The first-order valence-corrected chi connectivity index (χ1v) is 12.4. The number of rotatable bonds is 7. The van der Waals surface area contributed by atoms with Crippen molar-refractivity contribution in [2.24, 2.45) is 0 Å². The molecule has 33 heavy (non-hydrogen) atoms. The Labute approximate surface area is 198 Å². The minimum atomic E-state index is -0.179. The van der Waals surface area contributed by atoms with Crippen molar-refractivity contribution in [1.29, 1.82) is 0 Å². The van der Waals surface area contributed by atoms with Gasteiger partial charge in [-0.2, -0.15) is 0 Å². The highest BCUT2D eigenvalue weighted by Gasteiger charge is 2.22. The fourth-order valence-electron chi connectivity index (χ4n) is 4.07. The first-order chi connectivity index (χ1) is 16.1. The molecule has 0 spiro atoms. The monoisotopic (exact) mass is 463 g/mol. The number of carbonyl (C=O) groups excluding carboxylic acids is 2. The number of aromatic nitrogens is 3. The van der Waals surface area contributed by atoms with E-state index in [0.29, 0.717) is 23.0 Å². The maximum absolute atomic E-state index is 13.0. The molecule has 7 nitrogen and oxygen atoms in total. The van der Waals surface area contributed by atoms with Crippen LogP contribution in [0.3, 0.4) is 0 Å². The van der Waals surface area contributed by atoms with Crippen LogP contribution < -0.4 is 5.32 Å². The fraction of sp³-hybridized carbons (Fsp3) is 0.360. The molecular weight excluding hydrogens is 434 g/mol. The zero-order valence-electron chi connectivity index (χ0n) is 19.1. The van der Waals surface area contributed by atoms with Crippen molar-refractivity contribution in [2.75, 3.05) is 24.2 Å². The highest BCUT2D eigenvalue weighted by molar-refractivity contribution is 7.99. The lowest BCUT2D eigenvalue weighted by Gasteiger charge is -2.27. The molecule has 1 aromatic heterocycles. The molecule has 0 unspecified atom stereocenters. The Bertz CT molecular complexity index is 1140. The Kier molecular flexibility index (Phi) is 7.44. The number of carbonyl (C=O) groups is 2. The molecule has 0 bridgehead atoms. The Morgan fingerprint density at radius 1 is 1.00 bits per heavy atom. The van der Waals surface area contributed by atoms with Gasteiger partial charge in [0.1, 0.15) is 0 Å². The van der Waals surface area contributed by atoms with E-state index in [1.165, 1.54) is 11.8 Å². The average Bonchev–Trinajstić information content (AvgIpc) is 3.26. The third-order valence-corrected chi connectivity index (χ3v) is 6.79. The van der Waals surface area contributed by atoms with Crippen LogP contribution in [0.25, 0.3) is 11.4 Å². The third-order valence-electron chi connectivity index (χ3n) is 5.83. The van der Waals surface area contributed by atoms with Crippen LogP contribution in [0.5, 0.6) is 0 Å². The lowest BCUT2D eigenvalue weighted by molar-refractivity contribution is -0.113. The Hall–Kier alpha value is -3.13. The summed E-state index contributed by atoms with van der Waals surface area (Å²) < 4.78 is 2.02. The number of para-hydroxylation sites is 1. The molecular formula is C25H29N5O2S. The largest absolute Gasteiger partial charge is 0.339 e. The van der Waals surface area contributed by atoms with Gasteiger partial charge in [-0.15, -0.1) is 10.2 Å². The van der Waals surface area contributed by atoms with Gasteiger partial charge < -0.3 is 14.8 Å². The number of nitrogens with zero attached hydrogens (tertiary/aromatic N) is 4. The summed E-state index contributed by atoms with van der Waals surface area (Å²) in [6.45, 7) is 6.33. The summed E-state index contributed by atoms with van der Waals surface area (Å²) in [5.74, 6) is 0.780. The number of nitrogens with one attached hydrogen (secondary N) is 1. The first-order valence-electron chi connectivity index (χ1n) is 11.4. The van der Waals surface area contributed by atoms with E-state index in [1.807, 2.05) is 59.7 Å². The van der Waals surface area contributed by atoms with Crippen LogP contribution >= 0.6 is 11.8 Å². The Morgan fingerprint density at radius 2 is 1.73 bits per heavy atom. The second-order valence-electron chi connectivity index (χ2n) is 8.10. The van der Waals surface area contributed by atoms with E-state index in [9.17, 15) is 9.59 Å². The molecule has 172 valence electrons. The summed E-state index contributed by atoms with van der Waals surface area (Å²) in [5, 5.41) is 12.3. The van der Waals surface area contributed by atoms with Gasteiger partial charge in [0.25, 0.3) is 5.91 Å². The molecule has 2 heterocycles. The molecule has 1 N–H and O–H groups in total. The molecule has 2 amide bonds. The molecule has 0 aliphatic carbocycles. The summed E-state index contributed by atoms with van der Waals surface area (Å²) in [5.41, 5.74) is 3.25.